The molecule has 2 aromatic rings. The first kappa shape index (κ1) is 14.8. The van der Waals surface area contributed by atoms with Crippen LogP contribution in [0.15, 0.2) is 42.5 Å². The Balaban J connectivity index is 1.93. The lowest BCUT2D eigenvalue weighted by molar-refractivity contribution is 0.0691. The second-order valence-electron chi connectivity index (χ2n) is 4.07. The molecule has 4 nitrogen and oxygen atoms in total. The minimum Gasteiger partial charge on any atom is -0.489 e. The molecule has 0 saturated heterocycles. The molecule has 1 N–H and O–H groups in total. The van der Waals surface area contributed by atoms with Crippen LogP contribution in [0.3, 0.4) is 0 Å². The summed E-state index contributed by atoms with van der Waals surface area (Å²) in [6, 6.07) is 8.99. The number of benzene rings is 2. The van der Waals surface area contributed by atoms with E-state index in [1.54, 1.807) is 6.07 Å². The minimum absolute atomic E-state index is 0.00347. The summed E-state index contributed by atoms with van der Waals surface area (Å²) in [5, 5.41) is 8.94. The second kappa shape index (κ2) is 6.69. The van der Waals surface area contributed by atoms with Gasteiger partial charge in [-0.05, 0) is 24.3 Å². The third kappa shape index (κ3) is 3.92. The number of carboxylic acid groups (broad SMARTS) is 1. The number of hydrogen-bond donors (Lipinski definition) is 1. The van der Waals surface area contributed by atoms with E-state index < -0.39 is 17.6 Å². The van der Waals surface area contributed by atoms with Crippen molar-refractivity contribution < 1.29 is 28.2 Å². The van der Waals surface area contributed by atoms with Crippen molar-refractivity contribution in [2.45, 2.75) is 0 Å². The topological polar surface area (TPSA) is 55.8 Å². The Morgan fingerprint density at radius 2 is 1.67 bits per heavy atom. The summed E-state index contributed by atoms with van der Waals surface area (Å²) in [6.45, 7) is -0.0471. The largest absolute Gasteiger partial charge is 0.489 e. The van der Waals surface area contributed by atoms with Gasteiger partial charge in [-0.2, -0.15) is 0 Å². The predicted molar refractivity (Wildman–Crippen MR) is 70.7 cm³/mol. The maximum absolute atomic E-state index is 13.3. The lowest BCUT2D eigenvalue weighted by Gasteiger charge is -2.10. The Morgan fingerprint density at radius 1 is 1.00 bits per heavy atom. The quantitative estimate of drug-likeness (QED) is 0.832. The summed E-state index contributed by atoms with van der Waals surface area (Å²) < 4.78 is 36.7. The van der Waals surface area contributed by atoms with Crippen LogP contribution in [0.4, 0.5) is 8.78 Å². The van der Waals surface area contributed by atoms with Crippen LogP contribution in [0.1, 0.15) is 10.4 Å². The molecule has 0 bridgehead atoms. The summed E-state index contributed by atoms with van der Waals surface area (Å²) >= 11 is 0. The van der Waals surface area contributed by atoms with Gasteiger partial charge < -0.3 is 14.6 Å². The van der Waals surface area contributed by atoms with Crippen LogP contribution < -0.4 is 9.47 Å². The highest BCUT2D eigenvalue weighted by Gasteiger charge is 2.12. The first-order valence-corrected chi connectivity index (χ1v) is 6.11. The van der Waals surface area contributed by atoms with Crippen molar-refractivity contribution in [3.63, 3.8) is 0 Å². The zero-order valence-corrected chi connectivity index (χ0v) is 10.9. The Bertz CT molecular complexity index is 643. The molecule has 0 aliphatic rings. The highest BCUT2D eigenvalue weighted by Crippen LogP contribution is 2.20. The molecule has 6 heteroatoms. The molecule has 0 fully saturated rings. The zero-order chi connectivity index (χ0) is 15.2. The van der Waals surface area contributed by atoms with Gasteiger partial charge in [0, 0.05) is 6.07 Å². The van der Waals surface area contributed by atoms with Gasteiger partial charge in [-0.3, -0.25) is 0 Å². The molecule has 0 spiro atoms. The van der Waals surface area contributed by atoms with Gasteiger partial charge in [0.15, 0.2) is 11.6 Å². The molecule has 110 valence electrons. The van der Waals surface area contributed by atoms with Crippen LogP contribution in [0, 0.1) is 11.6 Å². The van der Waals surface area contributed by atoms with E-state index in [-0.39, 0.29) is 30.3 Å². The van der Waals surface area contributed by atoms with Gasteiger partial charge >= 0.3 is 5.97 Å². The third-order valence-electron chi connectivity index (χ3n) is 2.61. The number of hydrogen-bond acceptors (Lipinski definition) is 3. The van der Waals surface area contributed by atoms with E-state index in [4.69, 9.17) is 14.6 Å². The maximum atomic E-state index is 13.3. The molecule has 2 aromatic carbocycles. The van der Waals surface area contributed by atoms with Gasteiger partial charge in [-0.25, -0.2) is 13.6 Å². The number of aromatic carboxylic acids is 1. The zero-order valence-electron chi connectivity index (χ0n) is 10.9. The Morgan fingerprint density at radius 3 is 2.33 bits per heavy atom. The average Bonchev–Trinajstić information content (AvgIpc) is 2.45. The number of para-hydroxylation sites is 1. The van der Waals surface area contributed by atoms with E-state index in [0.717, 1.165) is 18.2 Å². The van der Waals surface area contributed by atoms with Crippen LogP contribution in [0.5, 0.6) is 11.5 Å². The van der Waals surface area contributed by atoms with E-state index in [2.05, 4.69) is 0 Å². The molecule has 0 aromatic heterocycles. The van der Waals surface area contributed by atoms with Gasteiger partial charge in [0.2, 0.25) is 0 Å². The molecule has 0 saturated carbocycles. The molecular formula is C15H12F2O4. The lowest BCUT2D eigenvalue weighted by Crippen LogP contribution is -2.12. The van der Waals surface area contributed by atoms with Gasteiger partial charge in [0.25, 0.3) is 0 Å². The Hall–Kier alpha value is -2.63. The van der Waals surface area contributed by atoms with Gasteiger partial charge in [0.1, 0.15) is 30.3 Å². The standard InChI is InChI=1S/C15H12F2O4/c16-10-5-6-11(15(18)19)14(9-10)21-8-7-20-13-4-2-1-3-12(13)17/h1-6,9H,7-8H2,(H,18,19). The number of carbonyl (C=O) groups is 1. The van der Waals surface area contributed by atoms with E-state index in [0.29, 0.717) is 0 Å². The fraction of sp³-hybridized carbons (Fsp3) is 0.133. The molecule has 2 rings (SSSR count). The predicted octanol–water partition coefficient (Wildman–Crippen LogP) is 3.12. The molecule has 0 unspecified atom stereocenters. The van der Waals surface area contributed by atoms with Crippen LogP contribution in [-0.2, 0) is 0 Å². The lowest BCUT2D eigenvalue weighted by atomic mass is 10.2. The first-order chi connectivity index (χ1) is 10.1. The second-order valence-corrected chi connectivity index (χ2v) is 4.07. The van der Waals surface area contributed by atoms with Crippen LogP contribution >= 0.6 is 0 Å². The fourth-order valence-electron chi connectivity index (χ4n) is 1.66. The maximum Gasteiger partial charge on any atom is 0.339 e. The van der Waals surface area contributed by atoms with E-state index in [1.165, 1.54) is 18.2 Å². The summed E-state index contributed by atoms with van der Waals surface area (Å²) in [7, 11) is 0. The molecule has 0 atom stereocenters. The summed E-state index contributed by atoms with van der Waals surface area (Å²) in [6.07, 6.45) is 0. The van der Waals surface area contributed by atoms with Crippen LogP contribution in [0.25, 0.3) is 0 Å². The van der Waals surface area contributed by atoms with Crippen molar-refractivity contribution in [1.29, 1.82) is 0 Å². The van der Waals surface area contributed by atoms with Crippen LogP contribution in [-0.4, -0.2) is 24.3 Å². The van der Waals surface area contributed by atoms with E-state index in [9.17, 15) is 13.6 Å². The molecule has 0 radical (unpaired) electrons. The summed E-state index contributed by atoms with van der Waals surface area (Å²) in [5.41, 5.74) is -0.151. The van der Waals surface area contributed by atoms with Crippen molar-refractivity contribution in [3.05, 3.63) is 59.7 Å². The minimum atomic E-state index is -1.22. The average molecular weight is 294 g/mol. The van der Waals surface area contributed by atoms with Crippen molar-refractivity contribution in [3.8, 4) is 11.5 Å². The highest BCUT2D eigenvalue weighted by atomic mass is 19.1. The monoisotopic (exact) mass is 294 g/mol. The molecule has 0 aliphatic carbocycles. The highest BCUT2D eigenvalue weighted by molar-refractivity contribution is 5.90. The van der Waals surface area contributed by atoms with Crippen molar-refractivity contribution in [2.75, 3.05) is 13.2 Å². The molecule has 21 heavy (non-hydrogen) atoms. The van der Waals surface area contributed by atoms with E-state index >= 15 is 0 Å². The van der Waals surface area contributed by atoms with E-state index in [1.807, 2.05) is 0 Å². The molecule has 0 heterocycles. The smallest absolute Gasteiger partial charge is 0.339 e. The van der Waals surface area contributed by atoms with Crippen LogP contribution in [0.2, 0.25) is 0 Å². The summed E-state index contributed by atoms with van der Waals surface area (Å²) in [5.74, 6) is -2.36. The number of halogens is 2. The summed E-state index contributed by atoms with van der Waals surface area (Å²) in [4.78, 5) is 10.9. The van der Waals surface area contributed by atoms with Crippen molar-refractivity contribution in [1.82, 2.24) is 0 Å². The van der Waals surface area contributed by atoms with Crippen molar-refractivity contribution in [2.24, 2.45) is 0 Å². The third-order valence-corrected chi connectivity index (χ3v) is 2.61. The molecular weight excluding hydrogens is 282 g/mol. The normalized spacial score (nSPS) is 10.2. The van der Waals surface area contributed by atoms with Gasteiger partial charge in [-0.15, -0.1) is 0 Å². The van der Waals surface area contributed by atoms with Gasteiger partial charge in [0.05, 0.1) is 0 Å². The van der Waals surface area contributed by atoms with Crippen molar-refractivity contribution >= 4 is 5.97 Å². The number of carboxylic acids is 1. The number of rotatable bonds is 6. The number of ether oxygens (including phenoxy) is 2. The molecule has 0 amide bonds. The Labute approximate surface area is 119 Å². The van der Waals surface area contributed by atoms with Gasteiger partial charge in [-0.1, -0.05) is 12.1 Å². The Kier molecular flexibility index (Phi) is 4.71. The molecule has 0 aliphatic heterocycles. The fourth-order valence-corrected chi connectivity index (χ4v) is 1.66. The first-order valence-electron chi connectivity index (χ1n) is 6.11. The SMILES string of the molecule is O=C(O)c1ccc(F)cc1OCCOc1ccccc1F.